The third-order valence-corrected chi connectivity index (χ3v) is 5.99. The molecule has 0 saturated heterocycles. The minimum Gasteiger partial charge on any atom is -0.493 e. The van der Waals surface area contributed by atoms with Crippen molar-refractivity contribution in [3.63, 3.8) is 0 Å². The number of carbonyl (C=O) groups excluding carboxylic acids is 1. The van der Waals surface area contributed by atoms with Gasteiger partial charge in [0.15, 0.2) is 27.6 Å². The number of aryl methyl sites for hydroxylation is 1. The zero-order valence-electron chi connectivity index (χ0n) is 16.2. The molecule has 1 amide bonds. The number of aromatic nitrogens is 4. The molecule has 3 rings (SSSR count). The van der Waals surface area contributed by atoms with Crippen molar-refractivity contribution >= 4 is 34.1 Å². The van der Waals surface area contributed by atoms with E-state index in [1.807, 2.05) is 49.0 Å². The Bertz CT molecular complexity index is 986. The van der Waals surface area contributed by atoms with Crippen molar-refractivity contribution in [2.75, 3.05) is 19.5 Å². The number of nitrogens with zero attached hydrogens (tertiary/aromatic N) is 4. The van der Waals surface area contributed by atoms with E-state index in [2.05, 4.69) is 20.5 Å². The Morgan fingerprint density at radius 3 is 2.64 bits per heavy atom. The summed E-state index contributed by atoms with van der Waals surface area (Å²) in [6.07, 6.45) is 0. The number of hydrogen-bond acceptors (Lipinski definition) is 8. The van der Waals surface area contributed by atoms with Gasteiger partial charge in [-0.3, -0.25) is 4.79 Å². The minimum atomic E-state index is -0.356. The highest BCUT2D eigenvalue weighted by atomic mass is 32.2. The molecular formula is C18H21N5O3S2. The maximum absolute atomic E-state index is 12.4. The number of ether oxygens (including phenoxy) is 2. The largest absolute Gasteiger partial charge is 0.493 e. The Morgan fingerprint density at radius 2 is 2.00 bits per heavy atom. The van der Waals surface area contributed by atoms with Crippen LogP contribution in [0.3, 0.4) is 0 Å². The number of carbonyl (C=O) groups is 1. The van der Waals surface area contributed by atoms with Gasteiger partial charge >= 0.3 is 0 Å². The summed E-state index contributed by atoms with van der Waals surface area (Å²) in [5, 5.41) is 14.1. The van der Waals surface area contributed by atoms with E-state index in [0.29, 0.717) is 27.6 Å². The average Bonchev–Trinajstić information content (AvgIpc) is 3.26. The summed E-state index contributed by atoms with van der Waals surface area (Å²) in [7, 11) is 5.04. The molecule has 0 aliphatic rings. The molecule has 0 aliphatic carbocycles. The fourth-order valence-corrected chi connectivity index (χ4v) is 3.98. The molecule has 1 atom stereocenters. The number of rotatable bonds is 7. The van der Waals surface area contributed by atoms with E-state index in [4.69, 9.17) is 9.47 Å². The normalized spacial score (nSPS) is 11.9. The van der Waals surface area contributed by atoms with E-state index in [1.165, 1.54) is 23.1 Å². The highest BCUT2D eigenvalue weighted by molar-refractivity contribution is 8.00. The molecule has 3 aromatic rings. The number of hydrogen-bond donors (Lipinski definition) is 1. The SMILES string of the molecule is COc1ccc(-c2nnc(S[C@H](C)C(=O)Nc3nc(C)cs3)n2C)cc1OC. The number of thiazole rings is 1. The lowest BCUT2D eigenvalue weighted by molar-refractivity contribution is -0.115. The molecule has 2 aromatic heterocycles. The molecule has 0 fully saturated rings. The van der Waals surface area contributed by atoms with Crippen LogP contribution in [0.5, 0.6) is 11.5 Å². The van der Waals surface area contributed by atoms with Gasteiger partial charge in [-0.1, -0.05) is 11.8 Å². The van der Waals surface area contributed by atoms with Crippen LogP contribution >= 0.6 is 23.1 Å². The number of methoxy groups -OCH3 is 2. The molecule has 148 valence electrons. The molecule has 0 bridgehead atoms. The average molecular weight is 420 g/mol. The summed E-state index contributed by atoms with van der Waals surface area (Å²) in [5.74, 6) is 1.80. The first-order valence-corrected chi connectivity index (χ1v) is 10.2. The maximum atomic E-state index is 12.4. The van der Waals surface area contributed by atoms with Gasteiger partial charge < -0.3 is 19.4 Å². The lowest BCUT2D eigenvalue weighted by atomic mass is 10.2. The van der Waals surface area contributed by atoms with Gasteiger partial charge in [0.2, 0.25) is 5.91 Å². The summed E-state index contributed by atoms with van der Waals surface area (Å²) >= 11 is 2.74. The van der Waals surface area contributed by atoms with Crippen molar-refractivity contribution in [1.82, 2.24) is 19.7 Å². The fraction of sp³-hybridized carbons (Fsp3) is 0.333. The second-order valence-electron chi connectivity index (χ2n) is 5.98. The Balaban J connectivity index is 1.74. The van der Waals surface area contributed by atoms with Crippen LogP contribution in [0.2, 0.25) is 0 Å². The molecule has 1 aromatic carbocycles. The van der Waals surface area contributed by atoms with Crippen molar-refractivity contribution < 1.29 is 14.3 Å². The summed E-state index contributed by atoms with van der Waals surface area (Å²) < 4.78 is 12.5. The number of anilines is 1. The smallest absolute Gasteiger partial charge is 0.239 e. The fourth-order valence-electron chi connectivity index (χ4n) is 2.47. The van der Waals surface area contributed by atoms with Gasteiger partial charge in [-0.2, -0.15) is 0 Å². The number of amides is 1. The quantitative estimate of drug-likeness (QED) is 0.587. The number of nitrogens with one attached hydrogen (secondary N) is 1. The molecule has 10 heteroatoms. The van der Waals surface area contributed by atoms with E-state index >= 15 is 0 Å². The second kappa shape index (κ2) is 8.61. The van der Waals surface area contributed by atoms with Crippen LogP contribution in [0.4, 0.5) is 5.13 Å². The predicted octanol–water partition coefficient (Wildman–Crippen LogP) is 3.38. The zero-order chi connectivity index (χ0) is 20.3. The number of benzene rings is 1. The van der Waals surface area contributed by atoms with E-state index in [1.54, 1.807) is 14.2 Å². The molecule has 0 radical (unpaired) electrons. The lowest BCUT2D eigenvalue weighted by Crippen LogP contribution is -2.22. The summed E-state index contributed by atoms with van der Waals surface area (Å²) in [4.78, 5) is 16.7. The monoisotopic (exact) mass is 419 g/mol. The van der Waals surface area contributed by atoms with Gasteiger partial charge in [0.1, 0.15) is 0 Å². The van der Waals surface area contributed by atoms with E-state index in [-0.39, 0.29) is 11.2 Å². The van der Waals surface area contributed by atoms with Gasteiger partial charge in [-0.15, -0.1) is 21.5 Å². The van der Waals surface area contributed by atoms with E-state index in [0.717, 1.165) is 11.3 Å². The first-order chi connectivity index (χ1) is 13.4. The molecule has 28 heavy (non-hydrogen) atoms. The second-order valence-corrected chi connectivity index (χ2v) is 8.14. The van der Waals surface area contributed by atoms with Crippen molar-refractivity contribution in [3.8, 4) is 22.9 Å². The first kappa shape index (κ1) is 20.2. The van der Waals surface area contributed by atoms with E-state index in [9.17, 15) is 4.79 Å². The highest BCUT2D eigenvalue weighted by Crippen LogP contribution is 2.33. The first-order valence-electron chi connectivity index (χ1n) is 8.44. The van der Waals surface area contributed by atoms with Crippen LogP contribution in [0.1, 0.15) is 12.6 Å². The van der Waals surface area contributed by atoms with Gasteiger partial charge in [-0.25, -0.2) is 4.98 Å². The van der Waals surface area contributed by atoms with Crippen LogP contribution in [-0.2, 0) is 11.8 Å². The molecule has 0 saturated carbocycles. The topological polar surface area (TPSA) is 91.2 Å². The standard InChI is InChI=1S/C18H21N5O3S2/c1-10-9-27-17(19-10)20-16(24)11(2)28-18-22-21-15(23(18)3)12-6-7-13(25-4)14(8-12)26-5/h6-9,11H,1-5H3,(H,19,20,24)/t11-/m1/s1. The third kappa shape index (κ3) is 4.28. The summed E-state index contributed by atoms with van der Waals surface area (Å²) in [6, 6.07) is 5.56. The summed E-state index contributed by atoms with van der Waals surface area (Å²) in [6.45, 7) is 3.71. The Hall–Kier alpha value is -2.59. The highest BCUT2D eigenvalue weighted by Gasteiger charge is 2.20. The lowest BCUT2D eigenvalue weighted by Gasteiger charge is -2.11. The molecule has 2 heterocycles. The third-order valence-electron chi connectivity index (χ3n) is 3.98. The minimum absolute atomic E-state index is 0.130. The van der Waals surface area contributed by atoms with Crippen LogP contribution < -0.4 is 14.8 Å². The Morgan fingerprint density at radius 1 is 1.25 bits per heavy atom. The van der Waals surface area contributed by atoms with Crippen LogP contribution in [0.15, 0.2) is 28.7 Å². The van der Waals surface area contributed by atoms with Crippen molar-refractivity contribution in [2.45, 2.75) is 24.3 Å². The maximum Gasteiger partial charge on any atom is 0.239 e. The van der Waals surface area contributed by atoms with Crippen LogP contribution in [0.25, 0.3) is 11.4 Å². The Labute approximate surface area is 171 Å². The summed E-state index contributed by atoms with van der Waals surface area (Å²) in [5.41, 5.74) is 1.73. The Kier molecular flexibility index (Phi) is 6.20. The van der Waals surface area contributed by atoms with Gasteiger partial charge in [0.05, 0.1) is 25.2 Å². The molecule has 0 spiro atoms. The van der Waals surface area contributed by atoms with Crippen molar-refractivity contribution in [2.24, 2.45) is 7.05 Å². The molecular weight excluding hydrogens is 398 g/mol. The van der Waals surface area contributed by atoms with E-state index < -0.39 is 0 Å². The van der Waals surface area contributed by atoms with Crippen LogP contribution in [0, 0.1) is 6.92 Å². The number of thioether (sulfide) groups is 1. The van der Waals surface area contributed by atoms with Crippen molar-refractivity contribution in [3.05, 3.63) is 29.3 Å². The molecule has 8 nitrogen and oxygen atoms in total. The molecule has 0 aliphatic heterocycles. The van der Waals surface area contributed by atoms with Gasteiger partial charge in [0.25, 0.3) is 0 Å². The van der Waals surface area contributed by atoms with Crippen molar-refractivity contribution in [1.29, 1.82) is 0 Å². The van der Waals surface area contributed by atoms with Crippen LogP contribution in [-0.4, -0.2) is 45.1 Å². The zero-order valence-corrected chi connectivity index (χ0v) is 17.8. The molecule has 0 unspecified atom stereocenters. The molecule has 1 N–H and O–H groups in total. The predicted molar refractivity (Wildman–Crippen MR) is 110 cm³/mol. The van der Waals surface area contributed by atoms with Gasteiger partial charge in [0, 0.05) is 18.0 Å². The van der Waals surface area contributed by atoms with Gasteiger partial charge in [-0.05, 0) is 32.0 Å².